The number of carbonyl (C=O) groups excluding carboxylic acids is 2. The van der Waals surface area contributed by atoms with Gasteiger partial charge in [0.15, 0.2) is 23.6 Å². The van der Waals surface area contributed by atoms with E-state index >= 15 is 0 Å². The standard InChI is InChI=1S/C14H11FO5/c1-18-13-10(12-4-3-9(7-16)20-12)5-8(6-11(13)15)14(17)19-2/h3-7H,1-2H3. The molecule has 0 N–H and O–H groups in total. The van der Waals surface area contributed by atoms with Crippen LogP contribution in [-0.2, 0) is 4.74 Å². The van der Waals surface area contributed by atoms with Crippen LogP contribution < -0.4 is 4.74 Å². The number of benzene rings is 1. The Morgan fingerprint density at radius 3 is 2.60 bits per heavy atom. The zero-order valence-corrected chi connectivity index (χ0v) is 10.8. The first kappa shape index (κ1) is 13.8. The number of rotatable bonds is 4. The molecule has 1 aromatic carbocycles. The predicted octanol–water partition coefficient (Wildman–Crippen LogP) is 2.69. The van der Waals surface area contributed by atoms with Crippen molar-refractivity contribution in [3.63, 3.8) is 0 Å². The minimum atomic E-state index is -0.727. The summed E-state index contributed by atoms with van der Waals surface area (Å²) >= 11 is 0. The Hall–Kier alpha value is -2.63. The second-order valence-corrected chi connectivity index (χ2v) is 3.85. The number of hydrogen-bond donors (Lipinski definition) is 0. The number of furan rings is 1. The lowest BCUT2D eigenvalue weighted by atomic mass is 10.1. The fourth-order valence-electron chi connectivity index (χ4n) is 1.78. The molecule has 1 aromatic heterocycles. The highest BCUT2D eigenvalue weighted by molar-refractivity contribution is 5.91. The zero-order valence-electron chi connectivity index (χ0n) is 10.8. The molecule has 1 heterocycles. The van der Waals surface area contributed by atoms with Gasteiger partial charge in [0, 0.05) is 0 Å². The summed E-state index contributed by atoms with van der Waals surface area (Å²) in [5.74, 6) is -1.19. The van der Waals surface area contributed by atoms with Gasteiger partial charge in [-0.15, -0.1) is 0 Å². The van der Waals surface area contributed by atoms with Crippen LogP contribution in [0, 0.1) is 5.82 Å². The molecule has 0 aliphatic rings. The maximum atomic E-state index is 13.9. The van der Waals surface area contributed by atoms with Crippen molar-refractivity contribution in [3.8, 4) is 17.1 Å². The summed E-state index contributed by atoms with van der Waals surface area (Å²) in [5.41, 5.74) is 0.242. The van der Waals surface area contributed by atoms with Gasteiger partial charge in [-0.3, -0.25) is 4.79 Å². The van der Waals surface area contributed by atoms with E-state index in [1.165, 1.54) is 32.4 Å². The Balaban J connectivity index is 2.62. The lowest BCUT2D eigenvalue weighted by Gasteiger charge is -2.09. The summed E-state index contributed by atoms with van der Waals surface area (Å²) in [6.45, 7) is 0. The third-order valence-electron chi connectivity index (χ3n) is 2.68. The lowest BCUT2D eigenvalue weighted by Crippen LogP contribution is -2.03. The SMILES string of the molecule is COC(=O)c1cc(F)c(OC)c(-c2ccc(C=O)o2)c1. The maximum Gasteiger partial charge on any atom is 0.337 e. The molecule has 0 fully saturated rings. The van der Waals surface area contributed by atoms with Crippen LogP contribution in [0.3, 0.4) is 0 Å². The Morgan fingerprint density at radius 1 is 1.30 bits per heavy atom. The molecule has 0 aliphatic heterocycles. The molecule has 0 unspecified atom stereocenters. The van der Waals surface area contributed by atoms with Gasteiger partial charge in [-0.25, -0.2) is 9.18 Å². The van der Waals surface area contributed by atoms with Crippen LogP contribution in [0.1, 0.15) is 20.9 Å². The molecule has 6 heteroatoms. The summed E-state index contributed by atoms with van der Waals surface area (Å²) in [7, 11) is 2.49. The minimum absolute atomic E-state index is 0.0184. The highest BCUT2D eigenvalue weighted by atomic mass is 19.1. The van der Waals surface area contributed by atoms with Crippen molar-refractivity contribution in [2.24, 2.45) is 0 Å². The minimum Gasteiger partial charge on any atom is -0.493 e. The molecule has 0 atom stereocenters. The molecular weight excluding hydrogens is 267 g/mol. The summed E-state index contributed by atoms with van der Waals surface area (Å²) < 4.78 is 28.7. The molecule has 0 bridgehead atoms. The molecule has 20 heavy (non-hydrogen) atoms. The molecule has 0 aliphatic carbocycles. The Morgan fingerprint density at radius 2 is 2.05 bits per heavy atom. The van der Waals surface area contributed by atoms with Crippen LogP contribution in [0.25, 0.3) is 11.3 Å². The second-order valence-electron chi connectivity index (χ2n) is 3.85. The number of halogens is 1. The predicted molar refractivity (Wildman–Crippen MR) is 67.4 cm³/mol. The van der Waals surface area contributed by atoms with E-state index < -0.39 is 11.8 Å². The van der Waals surface area contributed by atoms with E-state index in [9.17, 15) is 14.0 Å². The van der Waals surface area contributed by atoms with Gasteiger partial charge in [0.05, 0.1) is 25.3 Å². The van der Waals surface area contributed by atoms with Gasteiger partial charge in [0.2, 0.25) is 0 Å². The van der Waals surface area contributed by atoms with Gasteiger partial charge in [0.1, 0.15) is 5.76 Å². The Bertz CT molecular complexity index is 660. The molecule has 0 radical (unpaired) electrons. The van der Waals surface area contributed by atoms with Crippen molar-refractivity contribution in [2.45, 2.75) is 0 Å². The van der Waals surface area contributed by atoms with Crippen LogP contribution in [0.2, 0.25) is 0 Å². The average Bonchev–Trinajstić information content (AvgIpc) is 2.94. The van der Waals surface area contributed by atoms with E-state index in [1.807, 2.05) is 0 Å². The summed E-state index contributed by atoms with van der Waals surface area (Å²) in [6, 6.07) is 5.31. The Labute approximate surface area is 113 Å². The average molecular weight is 278 g/mol. The van der Waals surface area contributed by atoms with Crippen molar-refractivity contribution in [3.05, 3.63) is 41.4 Å². The first-order chi connectivity index (χ1) is 9.60. The van der Waals surface area contributed by atoms with Gasteiger partial charge in [-0.2, -0.15) is 0 Å². The molecular formula is C14H11FO5. The number of carbonyl (C=O) groups is 2. The number of hydrogen-bond acceptors (Lipinski definition) is 5. The topological polar surface area (TPSA) is 65.7 Å². The van der Waals surface area contributed by atoms with E-state index in [1.54, 1.807) is 0 Å². The Kier molecular flexibility index (Phi) is 3.84. The quantitative estimate of drug-likeness (QED) is 0.635. The largest absolute Gasteiger partial charge is 0.493 e. The normalized spacial score (nSPS) is 10.2. The summed E-state index contributed by atoms with van der Waals surface area (Å²) in [5, 5.41) is 0. The highest BCUT2D eigenvalue weighted by Gasteiger charge is 2.19. The third-order valence-corrected chi connectivity index (χ3v) is 2.68. The number of esters is 1. The zero-order chi connectivity index (χ0) is 14.7. The van der Waals surface area contributed by atoms with Gasteiger partial charge >= 0.3 is 5.97 Å². The van der Waals surface area contributed by atoms with Crippen LogP contribution >= 0.6 is 0 Å². The molecule has 5 nitrogen and oxygen atoms in total. The summed E-state index contributed by atoms with van der Waals surface area (Å²) in [4.78, 5) is 22.1. The van der Waals surface area contributed by atoms with Gasteiger partial charge in [0.25, 0.3) is 0 Å². The van der Waals surface area contributed by atoms with Crippen molar-refractivity contribution in [1.29, 1.82) is 0 Å². The smallest absolute Gasteiger partial charge is 0.337 e. The second kappa shape index (κ2) is 5.56. The highest BCUT2D eigenvalue weighted by Crippen LogP contribution is 2.34. The summed E-state index contributed by atoms with van der Waals surface area (Å²) in [6.07, 6.45) is 0.524. The van der Waals surface area contributed by atoms with Gasteiger partial charge in [-0.1, -0.05) is 0 Å². The van der Waals surface area contributed by atoms with Gasteiger partial charge in [-0.05, 0) is 24.3 Å². The third kappa shape index (κ3) is 2.40. The van der Waals surface area contributed by atoms with E-state index in [4.69, 9.17) is 9.15 Å². The van der Waals surface area contributed by atoms with Crippen LogP contribution in [0.15, 0.2) is 28.7 Å². The van der Waals surface area contributed by atoms with E-state index in [-0.39, 0.29) is 28.4 Å². The van der Waals surface area contributed by atoms with E-state index in [0.29, 0.717) is 6.29 Å². The fraction of sp³-hybridized carbons (Fsp3) is 0.143. The van der Waals surface area contributed by atoms with Crippen molar-refractivity contribution in [2.75, 3.05) is 14.2 Å². The van der Waals surface area contributed by atoms with Crippen LogP contribution in [0.5, 0.6) is 5.75 Å². The van der Waals surface area contributed by atoms with Crippen molar-refractivity contribution in [1.82, 2.24) is 0 Å². The van der Waals surface area contributed by atoms with E-state index in [2.05, 4.69) is 4.74 Å². The number of ether oxygens (including phenoxy) is 2. The first-order valence-corrected chi connectivity index (χ1v) is 5.62. The van der Waals surface area contributed by atoms with Crippen molar-refractivity contribution >= 4 is 12.3 Å². The van der Waals surface area contributed by atoms with E-state index in [0.717, 1.165) is 6.07 Å². The lowest BCUT2D eigenvalue weighted by molar-refractivity contribution is 0.0600. The molecule has 0 saturated heterocycles. The fourth-order valence-corrected chi connectivity index (χ4v) is 1.78. The molecule has 0 saturated carbocycles. The maximum absolute atomic E-state index is 13.9. The molecule has 2 aromatic rings. The number of aldehydes is 1. The van der Waals surface area contributed by atoms with Crippen molar-refractivity contribution < 1.29 is 27.9 Å². The monoisotopic (exact) mass is 278 g/mol. The van der Waals surface area contributed by atoms with Crippen LogP contribution in [0.4, 0.5) is 4.39 Å². The molecule has 0 amide bonds. The first-order valence-electron chi connectivity index (χ1n) is 5.62. The molecule has 2 rings (SSSR count). The van der Waals surface area contributed by atoms with Crippen LogP contribution in [-0.4, -0.2) is 26.5 Å². The molecule has 104 valence electrons. The van der Waals surface area contributed by atoms with Gasteiger partial charge < -0.3 is 13.9 Å². The molecule has 0 spiro atoms. The number of methoxy groups -OCH3 is 2.